The fourth-order valence-corrected chi connectivity index (χ4v) is 5.44. The van der Waals surface area contributed by atoms with Crippen LogP contribution >= 0.6 is 0 Å². The van der Waals surface area contributed by atoms with Crippen LogP contribution in [0.5, 0.6) is 0 Å². The maximum absolute atomic E-state index is 13.8. The third kappa shape index (κ3) is 7.68. The first kappa shape index (κ1) is 28.9. The number of hydrogen-bond donors (Lipinski definition) is 1. The average molecular weight is 536 g/mol. The molecular formula is C30H37N3O4S. The third-order valence-corrected chi connectivity index (χ3v) is 7.87. The topological polar surface area (TPSA) is 86.8 Å². The van der Waals surface area contributed by atoms with Crippen molar-refractivity contribution in [3.63, 3.8) is 0 Å². The quantitative estimate of drug-likeness (QED) is 0.412. The summed E-state index contributed by atoms with van der Waals surface area (Å²) < 4.78 is 28.6. The van der Waals surface area contributed by atoms with Gasteiger partial charge in [0.1, 0.15) is 12.6 Å². The molecule has 0 aromatic heterocycles. The summed E-state index contributed by atoms with van der Waals surface area (Å²) in [5.41, 5.74) is 1.88. The van der Waals surface area contributed by atoms with Gasteiger partial charge in [0.05, 0.1) is 10.6 Å². The molecule has 8 heteroatoms. The molecule has 1 atom stereocenters. The number of nitrogens with zero attached hydrogens (tertiary/aromatic N) is 2. The molecule has 202 valence electrons. The van der Waals surface area contributed by atoms with Gasteiger partial charge < -0.3 is 10.2 Å². The van der Waals surface area contributed by atoms with E-state index < -0.39 is 34.1 Å². The number of carbonyl (C=O) groups is 2. The zero-order valence-electron chi connectivity index (χ0n) is 22.7. The Morgan fingerprint density at radius 2 is 1.42 bits per heavy atom. The Morgan fingerprint density at radius 1 is 0.868 bits per heavy atom. The molecule has 7 nitrogen and oxygen atoms in total. The molecule has 2 amide bonds. The second-order valence-electron chi connectivity index (χ2n) is 10.4. The molecule has 3 aromatic carbocycles. The van der Waals surface area contributed by atoms with E-state index in [1.54, 1.807) is 49.4 Å². The van der Waals surface area contributed by atoms with E-state index in [1.165, 1.54) is 17.0 Å². The number of aryl methyl sites for hydroxylation is 1. The van der Waals surface area contributed by atoms with Gasteiger partial charge in [-0.25, -0.2) is 8.42 Å². The van der Waals surface area contributed by atoms with Crippen LogP contribution in [0.2, 0.25) is 0 Å². The lowest BCUT2D eigenvalue weighted by molar-refractivity contribution is -0.139. The number of hydrogen-bond acceptors (Lipinski definition) is 4. The fourth-order valence-electron chi connectivity index (χ4n) is 4.00. The van der Waals surface area contributed by atoms with Crippen LogP contribution in [-0.2, 0) is 26.0 Å². The van der Waals surface area contributed by atoms with E-state index in [4.69, 9.17) is 0 Å². The highest BCUT2D eigenvalue weighted by Crippen LogP contribution is 2.24. The molecule has 0 aliphatic rings. The van der Waals surface area contributed by atoms with Crippen molar-refractivity contribution in [2.24, 2.45) is 0 Å². The Balaban J connectivity index is 1.96. The van der Waals surface area contributed by atoms with Crippen LogP contribution in [0.3, 0.4) is 0 Å². The standard InChI is InChI=1S/C30H37N3O4S/c1-23-16-18-26(19-17-23)33(38(36,37)27-14-10-7-11-15-27)22-28(34)32(21-20-25-12-8-6-9-13-25)24(2)29(35)31-30(3,4)5/h6-19,24H,20-22H2,1-5H3,(H,31,35)/t24-/m1/s1. The van der Waals surface area contributed by atoms with Crippen LogP contribution in [-0.4, -0.2) is 49.8 Å². The summed E-state index contributed by atoms with van der Waals surface area (Å²) in [5, 5.41) is 2.94. The minimum Gasteiger partial charge on any atom is -0.350 e. The van der Waals surface area contributed by atoms with Crippen LogP contribution in [0, 0.1) is 6.92 Å². The lowest BCUT2D eigenvalue weighted by Gasteiger charge is -2.33. The van der Waals surface area contributed by atoms with Crippen molar-refractivity contribution in [3.05, 3.63) is 96.1 Å². The van der Waals surface area contributed by atoms with E-state index >= 15 is 0 Å². The number of amides is 2. The third-order valence-electron chi connectivity index (χ3n) is 6.08. The van der Waals surface area contributed by atoms with Crippen molar-refractivity contribution < 1.29 is 18.0 Å². The van der Waals surface area contributed by atoms with Gasteiger partial charge in [0.15, 0.2) is 0 Å². The van der Waals surface area contributed by atoms with Gasteiger partial charge in [-0.3, -0.25) is 13.9 Å². The molecule has 0 heterocycles. The van der Waals surface area contributed by atoms with Crippen LogP contribution in [0.4, 0.5) is 5.69 Å². The first-order valence-electron chi connectivity index (χ1n) is 12.7. The monoisotopic (exact) mass is 535 g/mol. The average Bonchev–Trinajstić information content (AvgIpc) is 2.88. The van der Waals surface area contributed by atoms with Gasteiger partial charge in [-0.05, 0) is 70.9 Å². The molecule has 0 spiro atoms. The molecule has 0 radical (unpaired) electrons. The van der Waals surface area contributed by atoms with Gasteiger partial charge in [0.25, 0.3) is 10.0 Å². The molecule has 0 fully saturated rings. The largest absolute Gasteiger partial charge is 0.350 e. The Morgan fingerprint density at radius 3 is 1.97 bits per heavy atom. The lowest BCUT2D eigenvalue weighted by atomic mass is 10.1. The highest BCUT2D eigenvalue weighted by Gasteiger charge is 2.33. The lowest BCUT2D eigenvalue weighted by Crippen LogP contribution is -2.55. The molecule has 0 aliphatic heterocycles. The van der Waals surface area contributed by atoms with Crippen LogP contribution in [0.1, 0.15) is 38.8 Å². The fraction of sp³-hybridized carbons (Fsp3) is 0.333. The van der Waals surface area contributed by atoms with Gasteiger partial charge in [0.2, 0.25) is 11.8 Å². The van der Waals surface area contributed by atoms with E-state index in [1.807, 2.05) is 58.0 Å². The summed E-state index contributed by atoms with van der Waals surface area (Å²) >= 11 is 0. The predicted octanol–water partition coefficient (Wildman–Crippen LogP) is 4.56. The number of sulfonamides is 1. The molecule has 0 bridgehead atoms. The maximum Gasteiger partial charge on any atom is 0.264 e. The van der Waals surface area contributed by atoms with Crippen LogP contribution in [0.15, 0.2) is 89.8 Å². The van der Waals surface area contributed by atoms with Crippen molar-refractivity contribution >= 4 is 27.5 Å². The molecular weight excluding hydrogens is 498 g/mol. The number of carbonyl (C=O) groups excluding carboxylic acids is 2. The second-order valence-corrected chi connectivity index (χ2v) is 12.3. The zero-order valence-corrected chi connectivity index (χ0v) is 23.5. The number of nitrogens with one attached hydrogen (secondary N) is 1. The Kier molecular flexibility index (Phi) is 9.33. The van der Waals surface area contributed by atoms with E-state index in [0.717, 1.165) is 15.4 Å². The van der Waals surface area contributed by atoms with Crippen molar-refractivity contribution in [1.82, 2.24) is 10.2 Å². The summed E-state index contributed by atoms with van der Waals surface area (Å²) in [6, 6.07) is 23.9. The van der Waals surface area contributed by atoms with Gasteiger partial charge >= 0.3 is 0 Å². The van der Waals surface area contributed by atoms with Gasteiger partial charge in [-0.1, -0.05) is 66.2 Å². The first-order valence-corrected chi connectivity index (χ1v) is 14.1. The predicted molar refractivity (Wildman–Crippen MR) is 151 cm³/mol. The minimum atomic E-state index is -4.05. The van der Waals surface area contributed by atoms with E-state index in [9.17, 15) is 18.0 Å². The SMILES string of the molecule is Cc1ccc(N(CC(=O)N(CCc2ccccc2)[C@H](C)C(=O)NC(C)(C)C)S(=O)(=O)c2ccccc2)cc1. The smallest absolute Gasteiger partial charge is 0.264 e. The molecule has 1 N–H and O–H groups in total. The van der Waals surface area contributed by atoms with Gasteiger partial charge in [-0.15, -0.1) is 0 Å². The van der Waals surface area contributed by atoms with Crippen molar-refractivity contribution in [3.8, 4) is 0 Å². The zero-order chi connectivity index (χ0) is 27.9. The molecule has 0 aliphatic carbocycles. The van der Waals surface area contributed by atoms with Gasteiger partial charge in [-0.2, -0.15) is 0 Å². The number of benzene rings is 3. The minimum absolute atomic E-state index is 0.0859. The Labute approximate surface area is 226 Å². The van der Waals surface area contributed by atoms with Crippen LogP contribution < -0.4 is 9.62 Å². The van der Waals surface area contributed by atoms with Crippen molar-refractivity contribution in [2.45, 2.75) is 57.5 Å². The van der Waals surface area contributed by atoms with E-state index in [-0.39, 0.29) is 17.3 Å². The molecule has 38 heavy (non-hydrogen) atoms. The van der Waals surface area contributed by atoms with Crippen molar-refractivity contribution in [1.29, 1.82) is 0 Å². The summed E-state index contributed by atoms with van der Waals surface area (Å²) in [6.07, 6.45) is 0.523. The normalized spacial score (nSPS) is 12.4. The Bertz CT molecular complexity index is 1320. The number of anilines is 1. The highest BCUT2D eigenvalue weighted by molar-refractivity contribution is 7.92. The highest BCUT2D eigenvalue weighted by atomic mass is 32.2. The second kappa shape index (κ2) is 12.3. The molecule has 3 aromatic rings. The van der Waals surface area contributed by atoms with E-state index in [2.05, 4.69) is 5.32 Å². The summed E-state index contributed by atoms with van der Waals surface area (Å²) in [5.74, 6) is -0.760. The summed E-state index contributed by atoms with van der Waals surface area (Å²) in [4.78, 5) is 28.5. The first-order chi connectivity index (χ1) is 17.9. The number of rotatable bonds is 10. The summed E-state index contributed by atoms with van der Waals surface area (Å²) in [7, 11) is -4.05. The Hall–Kier alpha value is -3.65. The van der Waals surface area contributed by atoms with E-state index in [0.29, 0.717) is 12.1 Å². The molecule has 0 unspecified atom stereocenters. The molecule has 0 saturated carbocycles. The maximum atomic E-state index is 13.8. The molecule has 0 saturated heterocycles. The molecule has 3 rings (SSSR count). The summed E-state index contributed by atoms with van der Waals surface area (Å²) in [6.45, 7) is 9.02. The van der Waals surface area contributed by atoms with Gasteiger partial charge in [0, 0.05) is 12.1 Å². The van der Waals surface area contributed by atoms with Crippen molar-refractivity contribution in [2.75, 3.05) is 17.4 Å². The van der Waals surface area contributed by atoms with Crippen LogP contribution in [0.25, 0.3) is 0 Å².